The Morgan fingerprint density at radius 2 is 1.73 bits per heavy atom. The summed E-state index contributed by atoms with van der Waals surface area (Å²) in [6.45, 7) is 7.54. The van der Waals surface area contributed by atoms with E-state index in [1.807, 2.05) is 84.6 Å². The zero-order valence-electron chi connectivity index (χ0n) is 39.7. The molecule has 3 aliphatic rings. The first-order valence-electron chi connectivity index (χ1n) is 24.0. The Hall–Kier alpha value is -7.57. The lowest BCUT2D eigenvalue weighted by atomic mass is 9.88. The number of carboxylic acid groups (broad SMARTS) is 1. The van der Waals surface area contributed by atoms with Crippen LogP contribution in [0.1, 0.15) is 88.3 Å². The Kier molecular flexibility index (Phi) is 13.3. The molecule has 364 valence electrons. The van der Waals surface area contributed by atoms with E-state index in [1.165, 1.54) is 11.3 Å². The Labute approximate surface area is 413 Å². The van der Waals surface area contributed by atoms with E-state index in [0.29, 0.717) is 90.3 Å². The average Bonchev–Trinajstić information content (AvgIpc) is 3.92. The number of hydrogen-bond donors (Lipinski definition) is 4. The first-order chi connectivity index (χ1) is 34.3. The van der Waals surface area contributed by atoms with Gasteiger partial charge in [-0.1, -0.05) is 36.5 Å². The van der Waals surface area contributed by atoms with Crippen molar-refractivity contribution in [2.75, 3.05) is 48.3 Å². The van der Waals surface area contributed by atoms with E-state index in [0.717, 1.165) is 75.7 Å². The van der Waals surface area contributed by atoms with Gasteiger partial charge < -0.3 is 20.1 Å². The summed E-state index contributed by atoms with van der Waals surface area (Å²) in [4.78, 5) is 81.5. The summed E-state index contributed by atoms with van der Waals surface area (Å²) in [6.07, 6.45) is 5.95. The molecule has 0 saturated carbocycles. The van der Waals surface area contributed by atoms with Crippen LogP contribution in [0.5, 0.6) is 5.75 Å². The smallest absolute Gasteiger partial charge is 0.355 e. The fourth-order valence-electron chi connectivity index (χ4n) is 10.2. The molecule has 7 heterocycles. The van der Waals surface area contributed by atoms with Crippen molar-refractivity contribution in [2.24, 2.45) is 18.9 Å². The fourth-order valence-corrected chi connectivity index (χ4v) is 11.1. The van der Waals surface area contributed by atoms with Crippen molar-refractivity contribution in [3.8, 4) is 16.9 Å². The highest BCUT2D eigenvalue weighted by Gasteiger charge is 2.32. The van der Waals surface area contributed by atoms with Crippen LogP contribution >= 0.6 is 11.3 Å². The maximum atomic E-state index is 13.6. The van der Waals surface area contributed by atoms with Gasteiger partial charge in [-0.2, -0.15) is 5.10 Å². The molecule has 0 unspecified atom stereocenters. The predicted molar refractivity (Wildman–Crippen MR) is 271 cm³/mol. The minimum absolute atomic E-state index is 0.0588. The highest BCUT2D eigenvalue weighted by molar-refractivity contribution is 7.22. The molecular weight excluding hydrogens is 921 g/mol. The maximum absolute atomic E-state index is 13.6. The molecule has 17 nitrogen and oxygen atoms in total. The number of nitrogens with zero attached hydrogens (tertiary/aromatic N) is 7. The second-order valence-corrected chi connectivity index (χ2v) is 20.0. The molecule has 0 spiro atoms. The Bertz CT molecular complexity index is 3200. The second kappa shape index (κ2) is 20.0. The molecule has 3 aromatic carbocycles. The second-order valence-electron chi connectivity index (χ2n) is 18.9. The molecule has 0 bridgehead atoms. The molecule has 10 rings (SSSR count). The van der Waals surface area contributed by atoms with E-state index in [2.05, 4.69) is 47.8 Å². The largest absolute Gasteiger partial charge is 0.493 e. The standard InChI is InChI=1S/C53H54N10O7S/c1-30(24-32-17-21-62(22-18-32)28-46(65)55-34-8-10-38-42(26-34)61(3)60-47(38)39-13-15-45(64)58-50(39)66)29-70-35-9-11-36(31(2)25-35)37-12-14-44(57-49(37)52(68)69)63-23-19-33-16-20-54-48(40(33)27-63)51(67)59-53-56-41-6-4-5-7-43(41)71-53/h4-12,14,16,20,25-26,30,32,39H,13,15,17-19,21-24,27-29H2,1-3H3,(H,55,65)(H,68,69)(H,56,59,67)(H,58,64,66)/t30-,39+/m0/s1. The number of likely N-dealkylation sites (tertiary alicyclic amines) is 1. The van der Waals surface area contributed by atoms with Gasteiger partial charge in [-0.15, -0.1) is 0 Å². The van der Waals surface area contributed by atoms with Crippen molar-refractivity contribution in [3.63, 3.8) is 0 Å². The number of amides is 4. The number of nitrogens with one attached hydrogen (secondary N) is 3. The van der Waals surface area contributed by atoms with Gasteiger partial charge in [0, 0.05) is 55.0 Å². The van der Waals surface area contributed by atoms with E-state index in [1.54, 1.807) is 24.0 Å². The normalized spacial score (nSPS) is 16.9. The van der Waals surface area contributed by atoms with Gasteiger partial charge in [-0.05, 0) is 141 Å². The number of benzene rings is 3. The number of aromatic carboxylic acids is 1. The van der Waals surface area contributed by atoms with Crippen molar-refractivity contribution >= 4 is 78.7 Å². The van der Waals surface area contributed by atoms with Crippen LogP contribution in [0.15, 0.2) is 85.1 Å². The first kappa shape index (κ1) is 47.1. The Morgan fingerprint density at radius 1 is 0.915 bits per heavy atom. The van der Waals surface area contributed by atoms with E-state index in [-0.39, 0.29) is 35.7 Å². The minimum atomic E-state index is -1.14. The number of carboxylic acids is 1. The quantitative estimate of drug-likeness (QED) is 0.0769. The van der Waals surface area contributed by atoms with Crippen LogP contribution in [-0.4, -0.2) is 97.1 Å². The minimum Gasteiger partial charge on any atom is -0.493 e. The molecule has 4 N–H and O–H groups in total. The van der Waals surface area contributed by atoms with Crippen LogP contribution in [0.2, 0.25) is 0 Å². The van der Waals surface area contributed by atoms with Gasteiger partial charge in [0.2, 0.25) is 17.7 Å². The summed E-state index contributed by atoms with van der Waals surface area (Å²) >= 11 is 1.40. The average molecular weight is 975 g/mol. The maximum Gasteiger partial charge on any atom is 0.355 e. The molecule has 0 radical (unpaired) electrons. The van der Waals surface area contributed by atoms with Crippen LogP contribution in [0.3, 0.4) is 0 Å². The molecule has 18 heteroatoms. The predicted octanol–water partition coefficient (Wildman–Crippen LogP) is 7.74. The number of aryl methyl sites for hydroxylation is 2. The molecule has 2 atom stereocenters. The van der Waals surface area contributed by atoms with Crippen LogP contribution in [0, 0.1) is 18.8 Å². The number of hydrogen-bond acceptors (Lipinski definition) is 13. The number of thiazole rings is 1. The fraction of sp³-hybridized carbons (Fsp3) is 0.340. The molecule has 71 heavy (non-hydrogen) atoms. The molecule has 4 aromatic heterocycles. The number of fused-ring (bicyclic) bond motifs is 3. The third kappa shape index (κ3) is 10.2. The number of rotatable bonds is 14. The van der Waals surface area contributed by atoms with Gasteiger partial charge in [0.1, 0.15) is 17.3 Å². The van der Waals surface area contributed by atoms with Crippen molar-refractivity contribution in [1.82, 2.24) is 34.9 Å². The monoisotopic (exact) mass is 974 g/mol. The Morgan fingerprint density at radius 3 is 2.52 bits per heavy atom. The van der Waals surface area contributed by atoms with E-state index >= 15 is 0 Å². The van der Waals surface area contributed by atoms with Gasteiger partial charge >= 0.3 is 5.97 Å². The van der Waals surface area contributed by atoms with Gasteiger partial charge in [0.15, 0.2) is 10.8 Å². The molecule has 2 saturated heterocycles. The SMILES string of the molecule is Cc1cc(OC[C@@H](C)CC2CCN(CC(=O)Nc3ccc4c([C@H]5CCC(=O)NC5=O)nn(C)c4c3)CC2)ccc1-c1ccc(N2CCc3ccnc(C(=O)Nc4nc5ccccc5s4)c3C2)nc1C(=O)O. The number of anilines is 3. The highest BCUT2D eigenvalue weighted by atomic mass is 32.1. The Balaban J connectivity index is 0.703. The number of aromatic nitrogens is 5. The number of ether oxygens (including phenoxy) is 1. The van der Waals surface area contributed by atoms with Crippen molar-refractivity contribution in [3.05, 3.63) is 119 Å². The van der Waals surface area contributed by atoms with E-state index < -0.39 is 11.9 Å². The van der Waals surface area contributed by atoms with Crippen LogP contribution < -0.4 is 25.6 Å². The van der Waals surface area contributed by atoms with Gasteiger partial charge in [-0.3, -0.25) is 44.4 Å². The molecule has 7 aromatic rings. The van der Waals surface area contributed by atoms with Crippen molar-refractivity contribution in [1.29, 1.82) is 0 Å². The summed E-state index contributed by atoms with van der Waals surface area (Å²) in [6, 6.07) is 24.5. The number of para-hydroxylation sites is 1. The van der Waals surface area contributed by atoms with Gasteiger partial charge in [-0.25, -0.2) is 14.8 Å². The van der Waals surface area contributed by atoms with Crippen molar-refractivity contribution in [2.45, 2.75) is 64.8 Å². The van der Waals surface area contributed by atoms with Gasteiger partial charge in [0.25, 0.3) is 5.91 Å². The molecular formula is C53H54N10O7S. The number of imide groups is 1. The third-order valence-corrected chi connectivity index (χ3v) is 14.8. The zero-order chi connectivity index (χ0) is 49.3. The molecule has 4 amide bonds. The lowest BCUT2D eigenvalue weighted by Crippen LogP contribution is -2.39. The topological polar surface area (TPSA) is 214 Å². The summed E-state index contributed by atoms with van der Waals surface area (Å²) in [5, 5.41) is 24.7. The number of carbonyl (C=O) groups excluding carboxylic acids is 4. The first-order valence-corrected chi connectivity index (χ1v) is 24.8. The lowest BCUT2D eigenvalue weighted by molar-refractivity contribution is -0.134. The number of carbonyl (C=O) groups is 5. The molecule has 0 aliphatic carbocycles. The summed E-state index contributed by atoms with van der Waals surface area (Å²) < 4.78 is 8.97. The highest BCUT2D eigenvalue weighted by Crippen LogP contribution is 2.35. The van der Waals surface area contributed by atoms with Crippen molar-refractivity contribution < 1.29 is 33.8 Å². The van der Waals surface area contributed by atoms with Gasteiger partial charge in [0.05, 0.1) is 40.5 Å². The summed E-state index contributed by atoms with van der Waals surface area (Å²) in [7, 11) is 1.81. The molecule has 3 aliphatic heterocycles. The number of piperidine rings is 2. The van der Waals surface area contributed by atoms with E-state index in [4.69, 9.17) is 4.74 Å². The third-order valence-electron chi connectivity index (χ3n) is 13.9. The number of pyridine rings is 2. The van der Waals surface area contributed by atoms with Crippen LogP contribution in [0.4, 0.5) is 16.6 Å². The molecule has 2 fully saturated rings. The zero-order valence-corrected chi connectivity index (χ0v) is 40.6. The van der Waals surface area contributed by atoms with E-state index in [9.17, 15) is 29.1 Å². The van der Waals surface area contributed by atoms with Crippen LogP contribution in [-0.2, 0) is 34.4 Å². The lowest BCUT2D eigenvalue weighted by Gasteiger charge is -2.32. The summed E-state index contributed by atoms with van der Waals surface area (Å²) in [5.74, 6) is -0.644. The van der Waals surface area contributed by atoms with Crippen LogP contribution in [0.25, 0.3) is 32.2 Å². The summed E-state index contributed by atoms with van der Waals surface area (Å²) in [5.41, 5.74) is 7.04.